The molecular formula is C13H16N4O3S. The molecule has 0 atom stereocenters. The lowest BCUT2D eigenvalue weighted by Crippen LogP contribution is -2.27. The van der Waals surface area contributed by atoms with Gasteiger partial charge in [-0.1, -0.05) is 0 Å². The maximum absolute atomic E-state index is 12.3. The highest BCUT2D eigenvalue weighted by atomic mass is 32.1. The Kier molecular flexibility index (Phi) is 4.69. The van der Waals surface area contributed by atoms with Crippen molar-refractivity contribution in [2.24, 2.45) is 7.05 Å². The van der Waals surface area contributed by atoms with Crippen LogP contribution in [0.15, 0.2) is 17.8 Å². The van der Waals surface area contributed by atoms with Crippen molar-refractivity contribution in [1.29, 1.82) is 0 Å². The minimum absolute atomic E-state index is 0.186. The highest BCUT2D eigenvalue weighted by Crippen LogP contribution is 2.13. The average Bonchev–Trinajstić information content (AvgIpc) is 3.08. The van der Waals surface area contributed by atoms with Gasteiger partial charge in [-0.2, -0.15) is 0 Å². The number of aryl methyl sites for hydroxylation is 1. The molecule has 0 N–H and O–H groups in total. The van der Waals surface area contributed by atoms with Crippen molar-refractivity contribution in [3.05, 3.63) is 34.3 Å². The molecule has 0 aliphatic carbocycles. The number of aromatic nitrogens is 3. The average molecular weight is 308 g/mol. The van der Waals surface area contributed by atoms with Crippen LogP contribution in [0.1, 0.15) is 33.0 Å². The second-order valence-electron chi connectivity index (χ2n) is 4.37. The Bertz CT molecular complexity index is 649. The van der Waals surface area contributed by atoms with Gasteiger partial charge in [0.2, 0.25) is 5.01 Å². The number of amides is 1. The summed E-state index contributed by atoms with van der Waals surface area (Å²) in [5.74, 6) is 0.00444. The van der Waals surface area contributed by atoms with E-state index in [1.807, 2.05) is 17.8 Å². The molecule has 7 nitrogen and oxygen atoms in total. The van der Waals surface area contributed by atoms with Crippen molar-refractivity contribution in [3.8, 4) is 0 Å². The van der Waals surface area contributed by atoms with Crippen molar-refractivity contribution in [2.45, 2.75) is 13.5 Å². The number of ether oxygens (including phenoxy) is 1. The van der Waals surface area contributed by atoms with Crippen LogP contribution in [-0.2, 0) is 18.3 Å². The summed E-state index contributed by atoms with van der Waals surface area (Å²) in [5.41, 5.74) is 0.236. The van der Waals surface area contributed by atoms with E-state index in [9.17, 15) is 9.59 Å². The highest BCUT2D eigenvalue weighted by molar-refractivity contribution is 7.11. The Hall–Kier alpha value is -2.22. The fourth-order valence-electron chi connectivity index (χ4n) is 1.69. The maximum atomic E-state index is 12.3. The summed E-state index contributed by atoms with van der Waals surface area (Å²) in [6.45, 7) is 2.37. The normalized spacial score (nSPS) is 10.4. The fraction of sp³-hybridized carbons (Fsp3) is 0.385. The van der Waals surface area contributed by atoms with Crippen molar-refractivity contribution in [1.82, 2.24) is 19.4 Å². The second kappa shape index (κ2) is 6.49. The van der Waals surface area contributed by atoms with Crippen molar-refractivity contribution in [2.75, 3.05) is 13.7 Å². The number of hydrogen-bond donors (Lipinski definition) is 0. The van der Waals surface area contributed by atoms with Gasteiger partial charge in [-0.05, 0) is 6.92 Å². The highest BCUT2D eigenvalue weighted by Gasteiger charge is 2.20. The minimum Gasteiger partial charge on any atom is -0.461 e. The minimum atomic E-state index is -0.506. The number of carbonyl (C=O) groups excluding carboxylic acids is 2. The topological polar surface area (TPSA) is 77.3 Å². The summed E-state index contributed by atoms with van der Waals surface area (Å²) in [5, 5.41) is 1.74. The molecule has 2 aromatic heterocycles. The fourth-order valence-corrected chi connectivity index (χ4v) is 2.37. The first-order chi connectivity index (χ1) is 10.0. The van der Waals surface area contributed by atoms with E-state index in [1.165, 1.54) is 4.90 Å². The number of esters is 1. The Morgan fingerprint density at radius 2 is 2.24 bits per heavy atom. The third-order valence-electron chi connectivity index (χ3n) is 2.82. The second-order valence-corrected chi connectivity index (χ2v) is 5.23. The van der Waals surface area contributed by atoms with Crippen molar-refractivity contribution < 1.29 is 14.3 Å². The van der Waals surface area contributed by atoms with E-state index >= 15 is 0 Å². The Labute approximate surface area is 126 Å². The lowest BCUT2D eigenvalue weighted by molar-refractivity contribution is 0.0526. The van der Waals surface area contributed by atoms with Gasteiger partial charge in [-0.25, -0.2) is 14.8 Å². The summed E-state index contributed by atoms with van der Waals surface area (Å²) < 4.78 is 6.70. The third-order valence-corrected chi connectivity index (χ3v) is 3.64. The molecule has 0 saturated heterocycles. The number of thiazole rings is 1. The summed E-state index contributed by atoms with van der Waals surface area (Å²) in [4.78, 5) is 33.5. The van der Waals surface area contributed by atoms with Crippen LogP contribution in [0.5, 0.6) is 0 Å². The molecule has 2 heterocycles. The molecule has 0 aliphatic heterocycles. The molecule has 0 bridgehead atoms. The van der Waals surface area contributed by atoms with Crippen LogP contribution in [0.4, 0.5) is 0 Å². The van der Waals surface area contributed by atoms with Crippen LogP contribution in [-0.4, -0.2) is 45.0 Å². The smallest absolute Gasteiger partial charge is 0.367 e. The summed E-state index contributed by atoms with van der Waals surface area (Å²) in [6.07, 6.45) is 3.49. The van der Waals surface area contributed by atoms with Gasteiger partial charge in [0, 0.05) is 31.9 Å². The molecule has 2 rings (SSSR count). The summed E-state index contributed by atoms with van der Waals surface area (Å²) in [7, 11) is 3.53. The monoisotopic (exact) mass is 308 g/mol. The molecule has 2 aromatic rings. The zero-order valence-electron chi connectivity index (χ0n) is 12.1. The lowest BCUT2D eigenvalue weighted by atomic mass is 10.4. The Morgan fingerprint density at radius 3 is 2.86 bits per heavy atom. The van der Waals surface area contributed by atoms with E-state index in [1.54, 1.807) is 25.5 Å². The van der Waals surface area contributed by atoms with Gasteiger partial charge in [-0.15, -0.1) is 11.3 Å². The molecule has 0 aliphatic rings. The van der Waals surface area contributed by atoms with E-state index < -0.39 is 5.97 Å². The number of hydrogen-bond acceptors (Lipinski definition) is 6. The molecule has 0 saturated carbocycles. The first kappa shape index (κ1) is 15.2. The molecule has 21 heavy (non-hydrogen) atoms. The standard InChI is InChI=1S/C13H16N4O3S/c1-4-20-13(19)11-15-9(8-21-11)12(18)17(3)7-10-14-5-6-16(10)2/h5-6,8H,4,7H2,1-3H3. The largest absolute Gasteiger partial charge is 0.461 e. The zero-order valence-corrected chi connectivity index (χ0v) is 12.9. The van der Waals surface area contributed by atoms with Crippen LogP contribution in [0.3, 0.4) is 0 Å². The maximum Gasteiger partial charge on any atom is 0.367 e. The third kappa shape index (κ3) is 3.46. The van der Waals surface area contributed by atoms with Crippen LogP contribution in [0, 0.1) is 0 Å². The van der Waals surface area contributed by atoms with Gasteiger partial charge < -0.3 is 14.2 Å². The molecule has 0 aromatic carbocycles. The van der Waals surface area contributed by atoms with Crippen molar-refractivity contribution >= 4 is 23.2 Å². The van der Waals surface area contributed by atoms with Gasteiger partial charge in [0.1, 0.15) is 11.5 Å². The molecule has 0 unspecified atom stereocenters. The van der Waals surface area contributed by atoms with Crippen LogP contribution < -0.4 is 0 Å². The first-order valence-corrected chi connectivity index (χ1v) is 7.25. The lowest BCUT2D eigenvalue weighted by Gasteiger charge is -2.15. The summed E-state index contributed by atoms with van der Waals surface area (Å²) >= 11 is 1.10. The van der Waals surface area contributed by atoms with E-state index in [2.05, 4.69) is 9.97 Å². The van der Waals surface area contributed by atoms with E-state index in [-0.39, 0.29) is 23.2 Å². The SMILES string of the molecule is CCOC(=O)c1nc(C(=O)N(C)Cc2nccn2C)cs1. The molecule has 112 valence electrons. The zero-order chi connectivity index (χ0) is 15.4. The van der Waals surface area contributed by atoms with Gasteiger partial charge in [0.05, 0.1) is 13.2 Å². The predicted octanol–water partition coefficient (Wildman–Crippen LogP) is 1.33. The number of imidazole rings is 1. The summed E-state index contributed by atoms with van der Waals surface area (Å²) in [6, 6.07) is 0. The molecule has 1 amide bonds. The van der Waals surface area contributed by atoms with E-state index in [0.29, 0.717) is 6.54 Å². The van der Waals surface area contributed by atoms with E-state index in [0.717, 1.165) is 17.2 Å². The predicted molar refractivity (Wildman–Crippen MR) is 77.1 cm³/mol. The van der Waals surface area contributed by atoms with Gasteiger partial charge in [0.25, 0.3) is 5.91 Å². The Balaban J connectivity index is 2.06. The van der Waals surface area contributed by atoms with Gasteiger partial charge in [-0.3, -0.25) is 4.79 Å². The number of nitrogens with zero attached hydrogens (tertiary/aromatic N) is 4. The molecule has 0 spiro atoms. The quantitative estimate of drug-likeness (QED) is 0.779. The van der Waals surface area contributed by atoms with Gasteiger partial charge in [0.15, 0.2) is 0 Å². The molecule has 8 heteroatoms. The number of rotatable bonds is 5. The van der Waals surface area contributed by atoms with Crippen LogP contribution >= 0.6 is 11.3 Å². The van der Waals surface area contributed by atoms with Gasteiger partial charge >= 0.3 is 5.97 Å². The molecule has 0 radical (unpaired) electrons. The number of carbonyl (C=O) groups is 2. The van der Waals surface area contributed by atoms with E-state index in [4.69, 9.17) is 4.74 Å². The van der Waals surface area contributed by atoms with Crippen LogP contribution in [0.25, 0.3) is 0 Å². The molecular weight excluding hydrogens is 292 g/mol. The van der Waals surface area contributed by atoms with Crippen LogP contribution in [0.2, 0.25) is 0 Å². The van der Waals surface area contributed by atoms with Crippen molar-refractivity contribution in [3.63, 3.8) is 0 Å². The molecule has 0 fully saturated rings. The first-order valence-electron chi connectivity index (χ1n) is 6.37. The Morgan fingerprint density at radius 1 is 1.48 bits per heavy atom.